The second-order valence-electron chi connectivity index (χ2n) is 7.53. The van der Waals surface area contributed by atoms with Crippen LogP contribution in [-0.4, -0.2) is 35.0 Å². The number of ether oxygens (including phenoxy) is 1. The molecule has 1 heterocycles. The first-order valence-electron chi connectivity index (χ1n) is 9.12. The zero-order chi connectivity index (χ0) is 20.9. The first-order valence-corrected chi connectivity index (χ1v) is 9.12. The van der Waals surface area contributed by atoms with Crippen LogP contribution in [0.25, 0.3) is 10.9 Å². The number of H-pyrrole nitrogens is 1. The number of nitrogens with two attached hydrogens (primary N) is 1. The molecule has 4 N–H and O–H groups in total. The number of aromatic nitrogens is 1. The van der Waals surface area contributed by atoms with Crippen molar-refractivity contribution in [1.82, 2.24) is 4.98 Å². The number of ketones is 1. The van der Waals surface area contributed by atoms with Crippen molar-refractivity contribution in [2.24, 2.45) is 5.73 Å². The lowest BCUT2D eigenvalue weighted by atomic mass is 9.71. The Bertz CT molecular complexity index is 1230. The minimum absolute atomic E-state index is 0.0417. The largest absolute Gasteiger partial charge is 0.490 e. The van der Waals surface area contributed by atoms with Crippen LogP contribution in [0, 0.1) is 11.3 Å². The molecule has 0 spiro atoms. The van der Waals surface area contributed by atoms with Gasteiger partial charge in [-0.1, -0.05) is 13.8 Å². The summed E-state index contributed by atoms with van der Waals surface area (Å²) in [4.78, 5) is 28.4. The summed E-state index contributed by atoms with van der Waals surface area (Å²) < 4.78 is 5.66. The highest BCUT2D eigenvalue weighted by molar-refractivity contribution is 6.21. The van der Waals surface area contributed by atoms with Gasteiger partial charge in [-0.2, -0.15) is 5.26 Å². The van der Waals surface area contributed by atoms with E-state index in [1.54, 1.807) is 30.3 Å². The molecule has 1 aliphatic carbocycles. The lowest BCUT2D eigenvalue weighted by molar-refractivity contribution is 0.0995. The number of hydrogen-bond donors (Lipinski definition) is 3. The molecule has 0 radical (unpaired) electrons. The topological polar surface area (TPSA) is 129 Å². The molecule has 146 valence electrons. The van der Waals surface area contributed by atoms with Crippen molar-refractivity contribution in [1.29, 1.82) is 5.26 Å². The second-order valence-corrected chi connectivity index (χ2v) is 7.53. The van der Waals surface area contributed by atoms with Gasteiger partial charge in [0.25, 0.3) is 0 Å². The second kappa shape index (κ2) is 6.47. The quantitative estimate of drug-likeness (QED) is 0.631. The van der Waals surface area contributed by atoms with Gasteiger partial charge < -0.3 is 20.6 Å². The number of nitrogens with zero attached hydrogens (tertiary/aromatic N) is 1. The zero-order valence-corrected chi connectivity index (χ0v) is 16.0. The lowest BCUT2D eigenvalue weighted by Gasteiger charge is -2.32. The van der Waals surface area contributed by atoms with Gasteiger partial charge in [0, 0.05) is 22.2 Å². The molecule has 0 fully saturated rings. The maximum Gasteiger partial charge on any atom is 0.248 e. The van der Waals surface area contributed by atoms with Crippen LogP contribution in [0.4, 0.5) is 0 Å². The van der Waals surface area contributed by atoms with E-state index in [2.05, 4.69) is 11.1 Å². The Morgan fingerprint density at radius 3 is 2.72 bits per heavy atom. The first-order chi connectivity index (χ1) is 13.8. The molecular weight excluding hydrogens is 370 g/mol. The van der Waals surface area contributed by atoms with Crippen LogP contribution >= 0.6 is 0 Å². The van der Waals surface area contributed by atoms with Crippen molar-refractivity contribution in [3.63, 3.8) is 0 Å². The highest BCUT2D eigenvalue weighted by Crippen LogP contribution is 2.46. The SMILES string of the molecule is CC1(C)c2cc(C(N)=O)ccc2C(=O)c2c1[nH]c1cc(C#N)cc(OCCO)c21. The zero-order valence-electron chi connectivity index (χ0n) is 16.0. The molecular formula is C22H19N3O4. The fraction of sp³-hybridized carbons (Fsp3) is 0.227. The normalized spacial score (nSPS) is 14.2. The Morgan fingerprint density at radius 2 is 2.07 bits per heavy atom. The molecule has 7 heteroatoms. The van der Waals surface area contributed by atoms with Crippen LogP contribution in [0.15, 0.2) is 30.3 Å². The maximum absolute atomic E-state index is 13.4. The van der Waals surface area contributed by atoms with Crippen LogP contribution in [0.3, 0.4) is 0 Å². The predicted octanol–water partition coefficient (Wildman–Crippen LogP) is 2.38. The number of aromatic amines is 1. The number of carbonyl (C=O) groups excluding carboxylic acids is 2. The van der Waals surface area contributed by atoms with Gasteiger partial charge in [-0.25, -0.2) is 0 Å². The van der Waals surface area contributed by atoms with Gasteiger partial charge in [-0.3, -0.25) is 9.59 Å². The van der Waals surface area contributed by atoms with Crippen molar-refractivity contribution in [3.05, 3.63) is 63.8 Å². The molecule has 1 amide bonds. The van der Waals surface area contributed by atoms with Gasteiger partial charge in [-0.05, 0) is 35.9 Å². The molecule has 0 unspecified atom stereocenters. The Balaban J connectivity index is 2.03. The predicted molar refractivity (Wildman–Crippen MR) is 106 cm³/mol. The van der Waals surface area contributed by atoms with Gasteiger partial charge in [-0.15, -0.1) is 0 Å². The summed E-state index contributed by atoms with van der Waals surface area (Å²) in [6.45, 7) is 3.76. The number of nitriles is 1. The third-order valence-corrected chi connectivity index (χ3v) is 5.41. The van der Waals surface area contributed by atoms with Crippen molar-refractivity contribution in [2.75, 3.05) is 13.2 Å². The minimum atomic E-state index is -0.621. The van der Waals surface area contributed by atoms with E-state index >= 15 is 0 Å². The molecule has 1 aliphatic rings. The average Bonchev–Trinajstić information content (AvgIpc) is 3.10. The average molecular weight is 389 g/mol. The lowest BCUT2D eigenvalue weighted by Crippen LogP contribution is -2.31. The molecule has 0 aliphatic heterocycles. The third kappa shape index (κ3) is 2.69. The number of hydrogen-bond acceptors (Lipinski definition) is 5. The molecule has 0 bridgehead atoms. The molecule has 4 rings (SSSR count). The highest BCUT2D eigenvalue weighted by atomic mass is 16.5. The molecule has 3 aromatic rings. The fourth-order valence-corrected chi connectivity index (χ4v) is 4.01. The molecule has 2 aromatic carbocycles. The van der Waals surface area contributed by atoms with E-state index in [1.807, 2.05) is 13.8 Å². The number of benzene rings is 2. The van der Waals surface area contributed by atoms with E-state index in [4.69, 9.17) is 15.6 Å². The number of nitrogens with one attached hydrogen (secondary N) is 1. The fourth-order valence-electron chi connectivity index (χ4n) is 4.01. The summed E-state index contributed by atoms with van der Waals surface area (Å²) >= 11 is 0. The Kier molecular flexibility index (Phi) is 4.17. The summed E-state index contributed by atoms with van der Waals surface area (Å²) in [6.07, 6.45) is 0. The maximum atomic E-state index is 13.4. The smallest absolute Gasteiger partial charge is 0.248 e. The van der Waals surface area contributed by atoms with Gasteiger partial charge >= 0.3 is 0 Å². The Morgan fingerprint density at radius 1 is 1.31 bits per heavy atom. The number of rotatable bonds is 4. The first kappa shape index (κ1) is 18.7. The summed E-state index contributed by atoms with van der Waals surface area (Å²) in [5, 5.41) is 19.1. The minimum Gasteiger partial charge on any atom is -0.490 e. The van der Waals surface area contributed by atoms with E-state index in [1.165, 1.54) is 0 Å². The van der Waals surface area contributed by atoms with Crippen LogP contribution in [-0.2, 0) is 5.41 Å². The van der Waals surface area contributed by atoms with Crippen molar-refractivity contribution < 1.29 is 19.4 Å². The number of aliphatic hydroxyl groups is 1. The molecule has 1 aromatic heterocycles. The van der Waals surface area contributed by atoms with Crippen LogP contribution in [0.2, 0.25) is 0 Å². The van der Waals surface area contributed by atoms with E-state index in [-0.39, 0.29) is 19.0 Å². The van der Waals surface area contributed by atoms with E-state index in [0.717, 1.165) is 0 Å². The van der Waals surface area contributed by atoms with E-state index in [9.17, 15) is 14.9 Å². The number of carbonyl (C=O) groups is 2. The van der Waals surface area contributed by atoms with Gasteiger partial charge in [0.05, 0.1) is 34.7 Å². The van der Waals surface area contributed by atoms with Crippen molar-refractivity contribution >= 4 is 22.6 Å². The third-order valence-electron chi connectivity index (χ3n) is 5.41. The van der Waals surface area contributed by atoms with Gasteiger partial charge in [0.2, 0.25) is 5.91 Å². The Labute approximate surface area is 166 Å². The van der Waals surface area contributed by atoms with Gasteiger partial charge in [0.1, 0.15) is 12.4 Å². The molecule has 0 saturated carbocycles. The summed E-state index contributed by atoms with van der Waals surface area (Å²) in [5.41, 5.74) is 8.47. The summed E-state index contributed by atoms with van der Waals surface area (Å²) in [5.74, 6) is -0.390. The summed E-state index contributed by atoms with van der Waals surface area (Å²) in [7, 11) is 0. The number of fused-ring (bicyclic) bond motifs is 4. The van der Waals surface area contributed by atoms with E-state index < -0.39 is 11.3 Å². The van der Waals surface area contributed by atoms with Crippen molar-refractivity contribution in [3.8, 4) is 11.8 Å². The number of aliphatic hydroxyl groups excluding tert-OH is 1. The standard InChI is InChI=1S/C22H19N3O4/c1-22(2)14-9-12(21(24)28)3-4-13(14)19(27)18-17-15(25-20(18)22)7-11(10-23)8-16(17)29-6-5-26/h3-4,7-9,25-26H,5-6H2,1-2H3,(H2,24,28). The molecule has 7 nitrogen and oxygen atoms in total. The van der Waals surface area contributed by atoms with Crippen molar-refractivity contribution in [2.45, 2.75) is 19.3 Å². The molecule has 0 atom stereocenters. The highest BCUT2D eigenvalue weighted by Gasteiger charge is 2.40. The molecule has 0 saturated heterocycles. The number of amides is 1. The van der Waals surface area contributed by atoms with Gasteiger partial charge in [0.15, 0.2) is 5.78 Å². The molecule has 29 heavy (non-hydrogen) atoms. The summed E-state index contributed by atoms with van der Waals surface area (Å²) in [6, 6.07) is 10.2. The van der Waals surface area contributed by atoms with Crippen LogP contribution in [0.5, 0.6) is 5.75 Å². The van der Waals surface area contributed by atoms with E-state index in [0.29, 0.717) is 50.2 Å². The Hall–Kier alpha value is -3.63. The van der Waals surface area contributed by atoms with Crippen LogP contribution in [0.1, 0.15) is 56.9 Å². The number of primary amides is 1. The monoisotopic (exact) mass is 389 g/mol. The van der Waals surface area contributed by atoms with Crippen LogP contribution < -0.4 is 10.5 Å².